The Morgan fingerprint density at radius 1 is 1.33 bits per heavy atom. The predicted octanol–water partition coefficient (Wildman–Crippen LogP) is 4.46. The molecule has 112 valence electrons. The number of Topliss-reactive ketones (excluding diaryl/α,β-unsaturated/α-hetero) is 1. The monoisotopic (exact) mass is 308 g/mol. The summed E-state index contributed by atoms with van der Waals surface area (Å²) in [5, 5.41) is 4.41. The molecule has 0 saturated heterocycles. The molecule has 0 atom stereocenters. The lowest BCUT2D eigenvalue weighted by molar-refractivity contribution is 0.0991. The number of hydrogen-bond donors (Lipinski definition) is 0. The number of carbonyl (C=O) groups excluding carboxylic acids is 1. The average Bonchev–Trinajstić information content (AvgIpc) is 2.91. The number of rotatable bonds is 6. The summed E-state index contributed by atoms with van der Waals surface area (Å²) in [6, 6.07) is 6.22. The van der Waals surface area contributed by atoms with Gasteiger partial charge in [-0.3, -0.25) is 9.48 Å². The number of benzene rings is 1. The maximum Gasteiger partial charge on any atom is 0.168 e. The zero-order valence-corrected chi connectivity index (χ0v) is 12.9. The number of halogens is 2. The van der Waals surface area contributed by atoms with Crippen LogP contribution >= 0.6 is 11.6 Å². The van der Waals surface area contributed by atoms with E-state index >= 15 is 0 Å². The van der Waals surface area contributed by atoms with Crippen molar-refractivity contribution in [2.75, 3.05) is 0 Å². The molecule has 0 saturated carbocycles. The first kappa shape index (κ1) is 15.7. The van der Waals surface area contributed by atoms with Gasteiger partial charge in [0.25, 0.3) is 0 Å². The third kappa shape index (κ3) is 3.70. The van der Waals surface area contributed by atoms with Crippen LogP contribution in [-0.4, -0.2) is 15.6 Å². The standard InChI is InChI=1S/C16H18ClFN2O/c1-3-13(4-2)20-8-7-12(19-20)10-16(21)11-5-6-15(18)14(17)9-11/h5-9,13H,3-4,10H2,1-2H3. The first-order valence-electron chi connectivity index (χ1n) is 7.07. The Hall–Kier alpha value is -1.68. The van der Waals surface area contributed by atoms with E-state index in [0.29, 0.717) is 17.3 Å². The molecule has 21 heavy (non-hydrogen) atoms. The van der Waals surface area contributed by atoms with Crippen molar-refractivity contribution in [3.05, 3.63) is 52.6 Å². The number of hydrogen-bond acceptors (Lipinski definition) is 2. The first-order chi connectivity index (χ1) is 10.0. The molecule has 0 bridgehead atoms. The van der Waals surface area contributed by atoms with Crippen LogP contribution in [0.3, 0.4) is 0 Å². The zero-order chi connectivity index (χ0) is 15.4. The molecule has 0 aliphatic carbocycles. The number of nitrogens with zero attached hydrogens (tertiary/aromatic N) is 2. The molecule has 0 unspecified atom stereocenters. The highest BCUT2D eigenvalue weighted by Gasteiger charge is 2.13. The van der Waals surface area contributed by atoms with Gasteiger partial charge in [0.2, 0.25) is 0 Å². The highest BCUT2D eigenvalue weighted by atomic mass is 35.5. The molecule has 0 N–H and O–H groups in total. The van der Waals surface area contributed by atoms with Gasteiger partial charge in [-0.1, -0.05) is 25.4 Å². The van der Waals surface area contributed by atoms with E-state index in [0.717, 1.165) is 12.8 Å². The van der Waals surface area contributed by atoms with Gasteiger partial charge in [-0.25, -0.2) is 4.39 Å². The van der Waals surface area contributed by atoms with Crippen LogP contribution in [0, 0.1) is 5.82 Å². The van der Waals surface area contributed by atoms with Gasteiger partial charge in [0.15, 0.2) is 5.78 Å². The molecule has 2 rings (SSSR count). The van der Waals surface area contributed by atoms with E-state index in [9.17, 15) is 9.18 Å². The van der Waals surface area contributed by atoms with E-state index in [4.69, 9.17) is 11.6 Å². The van der Waals surface area contributed by atoms with Gasteiger partial charge < -0.3 is 0 Å². The molecular formula is C16H18ClFN2O. The Morgan fingerprint density at radius 3 is 2.67 bits per heavy atom. The summed E-state index contributed by atoms with van der Waals surface area (Å²) in [4.78, 5) is 12.2. The van der Waals surface area contributed by atoms with Crippen molar-refractivity contribution in [2.45, 2.75) is 39.2 Å². The third-order valence-corrected chi connectivity index (χ3v) is 3.85. The summed E-state index contributed by atoms with van der Waals surface area (Å²) in [5.41, 5.74) is 1.12. The Balaban J connectivity index is 2.11. The van der Waals surface area contributed by atoms with Crippen LogP contribution in [0.1, 0.15) is 48.8 Å². The number of aromatic nitrogens is 2. The highest BCUT2D eigenvalue weighted by molar-refractivity contribution is 6.31. The lowest BCUT2D eigenvalue weighted by atomic mass is 10.1. The van der Waals surface area contributed by atoms with E-state index < -0.39 is 5.82 Å². The fourth-order valence-electron chi connectivity index (χ4n) is 2.27. The third-order valence-electron chi connectivity index (χ3n) is 3.56. The minimum atomic E-state index is -0.522. The molecule has 0 aliphatic rings. The van der Waals surface area contributed by atoms with Crippen LogP contribution in [-0.2, 0) is 6.42 Å². The molecule has 2 aromatic rings. The summed E-state index contributed by atoms with van der Waals surface area (Å²) in [6.07, 6.45) is 4.09. The second-order valence-electron chi connectivity index (χ2n) is 4.99. The molecule has 0 fully saturated rings. The normalized spacial score (nSPS) is 11.1. The topological polar surface area (TPSA) is 34.9 Å². The molecule has 0 radical (unpaired) electrons. The Kier molecular flexibility index (Phi) is 5.12. The maximum atomic E-state index is 13.1. The SMILES string of the molecule is CCC(CC)n1ccc(CC(=O)c2ccc(F)c(Cl)c2)n1. The van der Waals surface area contributed by atoms with Gasteiger partial charge >= 0.3 is 0 Å². The predicted molar refractivity (Wildman–Crippen MR) is 81.3 cm³/mol. The molecule has 0 spiro atoms. The zero-order valence-electron chi connectivity index (χ0n) is 12.1. The smallest absolute Gasteiger partial charge is 0.168 e. The lowest BCUT2D eigenvalue weighted by Crippen LogP contribution is -2.09. The Labute approximate surface area is 128 Å². The largest absolute Gasteiger partial charge is 0.294 e. The second-order valence-corrected chi connectivity index (χ2v) is 5.39. The van der Waals surface area contributed by atoms with Gasteiger partial charge in [-0.2, -0.15) is 5.10 Å². The Bertz CT molecular complexity index is 635. The van der Waals surface area contributed by atoms with Gasteiger partial charge in [0.1, 0.15) is 5.82 Å². The molecule has 0 aliphatic heterocycles. The van der Waals surface area contributed by atoms with Gasteiger partial charge in [-0.15, -0.1) is 0 Å². The van der Waals surface area contributed by atoms with Crippen molar-refractivity contribution in [3.63, 3.8) is 0 Å². The van der Waals surface area contributed by atoms with Crippen molar-refractivity contribution < 1.29 is 9.18 Å². The van der Waals surface area contributed by atoms with Crippen LogP contribution in [0.4, 0.5) is 4.39 Å². The van der Waals surface area contributed by atoms with Crippen LogP contribution in [0.2, 0.25) is 5.02 Å². The Morgan fingerprint density at radius 2 is 2.05 bits per heavy atom. The molecule has 1 aromatic heterocycles. The van der Waals surface area contributed by atoms with Gasteiger partial charge in [0, 0.05) is 11.8 Å². The quantitative estimate of drug-likeness (QED) is 0.738. The minimum Gasteiger partial charge on any atom is -0.294 e. The van der Waals surface area contributed by atoms with E-state index in [1.807, 2.05) is 16.9 Å². The second kappa shape index (κ2) is 6.85. The highest BCUT2D eigenvalue weighted by Crippen LogP contribution is 2.18. The van der Waals surface area contributed by atoms with Gasteiger partial charge in [-0.05, 0) is 37.1 Å². The van der Waals surface area contributed by atoms with Crippen molar-refractivity contribution in [3.8, 4) is 0 Å². The lowest BCUT2D eigenvalue weighted by Gasteiger charge is -2.12. The molecular weight excluding hydrogens is 291 g/mol. The van der Waals surface area contributed by atoms with E-state index in [1.54, 1.807) is 0 Å². The van der Waals surface area contributed by atoms with Crippen LogP contribution in [0.5, 0.6) is 0 Å². The van der Waals surface area contributed by atoms with Crippen LogP contribution in [0.15, 0.2) is 30.5 Å². The summed E-state index contributed by atoms with van der Waals surface area (Å²) in [5.74, 6) is -0.641. The molecule has 1 aromatic carbocycles. The average molecular weight is 309 g/mol. The summed E-state index contributed by atoms with van der Waals surface area (Å²) < 4.78 is 15.0. The summed E-state index contributed by atoms with van der Waals surface area (Å²) in [6.45, 7) is 4.22. The number of ketones is 1. The van der Waals surface area contributed by atoms with Crippen molar-refractivity contribution in [2.24, 2.45) is 0 Å². The molecule has 1 heterocycles. The fraction of sp³-hybridized carbons (Fsp3) is 0.375. The van der Waals surface area contributed by atoms with Crippen LogP contribution in [0.25, 0.3) is 0 Å². The molecule has 5 heteroatoms. The van der Waals surface area contributed by atoms with Crippen LogP contribution < -0.4 is 0 Å². The summed E-state index contributed by atoms with van der Waals surface area (Å²) in [7, 11) is 0. The number of carbonyl (C=O) groups is 1. The van der Waals surface area contributed by atoms with E-state index in [1.165, 1.54) is 18.2 Å². The fourth-order valence-corrected chi connectivity index (χ4v) is 2.45. The molecule has 3 nitrogen and oxygen atoms in total. The van der Waals surface area contributed by atoms with Crippen molar-refractivity contribution in [1.82, 2.24) is 9.78 Å². The van der Waals surface area contributed by atoms with E-state index in [2.05, 4.69) is 18.9 Å². The van der Waals surface area contributed by atoms with Crippen molar-refractivity contribution in [1.29, 1.82) is 0 Å². The van der Waals surface area contributed by atoms with E-state index in [-0.39, 0.29) is 17.2 Å². The maximum absolute atomic E-state index is 13.1. The first-order valence-corrected chi connectivity index (χ1v) is 7.45. The molecule has 0 amide bonds. The summed E-state index contributed by atoms with van der Waals surface area (Å²) >= 11 is 5.70. The minimum absolute atomic E-state index is 0.0385. The van der Waals surface area contributed by atoms with Gasteiger partial charge in [0.05, 0.1) is 23.2 Å². The van der Waals surface area contributed by atoms with Crippen molar-refractivity contribution >= 4 is 17.4 Å².